The molecule has 2 aromatic rings. The number of allylic oxidation sites excluding steroid dienone is 1. The van der Waals surface area contributed by atoms with Crippen molar-refractivity contribution in [3.63, 3.8) is 0 Å². The second kappa shape index (κ2) is 11.1. The van der Waals surface area contributed by atoms with Crippen molar-refractivity contribution < 1.29 is 37.0 Å². The number of nitrogens with zero attached hydrogens (tertiary/aromatic N) is 1. The molecule has 0 amide bonds. The fourth-order valence-corrected chi connectivity index (χ4v) is 8.76. The molecule has 9 nitrogen and oxygen atoms in total. The number of rotatable bonds is 6. The van der Waals surface area contributed by atoms with Crippen LogP contribution in [0.5, 0.6) is 0 Å². The number of fused-ring (bicyclic) bond motifs is 2. The molecular formula is C31H35NO8S. The average Bonchev–Trinajstić information content (AvgIpc) is 3.38. The van der Waals surface area contributed by atoms with Gasteiger partial charge in [0.2, 0.25) is 10.0 Å². The summed E-state index contributed by atoms with van der Waals surface area (Å²) in [7, 11) is -0.209. The van der Waals surface area contributed by atoms with Gasteiger partial charge in [0.15, 0.2) is 5.41 Å². The van der Waals surface area contributed by atoms with Gasteiger partial charge in [0, 0.05) is 12.5 Å². The second-order valence-electron chi connectivity index (χ2n) is 11.2. The molecule has 5 atom stereocenters. The van der Waals surface area contributed by atoms with Crippen LogP contribution in [0.15, 0.2) is 71.1 Å². The van der Waals surface area contributed by atoms with Gasteiger partial charge in [-0.2, -0.15) is 4.31 Å². The van der Waals surface area contributed by atoms with Crippen LogP contribution in [0.2, 0.25) is 0 Å². The van der Waals surface area contributed by atoms with Crippen LogP contribution in [0.1, 0.15) is 36.4 Å². The summed E-state index contributed by atoms with van der Waals surface area (Å²) in [4.78, 5) is 39.7. The van der Waals surface area contributed by atoms with E-state index in [-0.39, 0.29) is 30.2 Å². The van der Waals surface area contributed by atoms with Crippen molar-refractivity contribution in [1.82, 2.24) is 4.31 Å². The van der Waals surface area contributed by atoms with E-state index in [1.54, 1.807) is 24.3 Å². The minimum absolute atomic E-state index is 0.0395. The lowest BCUT2D eigenvalue weighted by atomic mass is 9.56. The van der Waals surface area contributed by atoms with Gasteiger partial charge in [-0.15, -0.1) is 0 Å². The molecule has 10 heteroatoms. The first-order chi connectivity index (χ1) is 19.6. The molecule has 218 valence electrons. The number of aryl methyl sites for hydroxylation is 1. The Morgan fingerprint density at radius 1 is 0.902 bits per heavy atom. The van der Waals surface area contributed by atoms with E-state index in [9.17, 15) is 22.8 Å². The summed E-state index contributed by atoms with van der Waals surface area (Å²) >= 11 is 0. The highest BCUT2D eigenvalue weighted by Crippen LogP contribution is 2.58. The van der Waals surface area contributed by atoms with Crippen LogP contribution in [0.3, 0.4) is 0 Å². The molecule has 1 aliphatic heterocycles. The Morgan fingerprint density at radius 3 is 2.12 bits per heavy atom. The molecule has 2 aromatic carbocycles. The van der Waals surface area contributed by atoms with Gasteiger partial charge in [-0.1, -0.05) is 54.1 Å². The van der Waals surface area contributed by atoms with E-state index in [0.717, 1.165) is 16.7 Å². The van der Waals surface area contributed by atoms with Crippen LogP contribution in [0.25, 0.3) is 0 Å². The van der Waals surface area contributed by atoms with E-state index in [0.29, 0.717) is 6.42 Å². The first kappa shape index (κ1) is 29.0. The molecule has 5 rings (SSSR count). The standard InChI is InChI=1S/C31H35NO8S/c1-19-10-12-22(13-11-19)41(36,37)32-18-25-23(27(32)20-8-6-5-7-9-20)16-21-14-15-31(29(34)39-3,30(35)40-4)17-24(21)26(25)28(33)38-2/h5-13,16,21,24-27H,14-15,17-18H2,1-4H3/t21-,24+,25+,26-,27-/m0/s1. The Morgan fingerprint density at radius 2 is 1.54 bits per heavy atom. The molecule has 0 aromatic heterocycles. The molecule has 3 aliphatic rings. The van der Waals surface area contributed by atoms with E-state index in [2.05, 4.69) is 6.08 Å². The zero-order valence-corrected chi connectivity index (χ0v) is 24.4. The minimum atomic E-state index is -3.97. The smallest absolute Gasteiger partial charge is 0.323 e. The van der Waals surface area contributed by atoms with Crippen LogP contribution in [0.4, 0.5) is 0 Å². The van der Waals surface area contributed by atoms with Crippen LogP contribution < -0.4 is 0 Å². The number of methoxy groups -OCH3 is 3. The van der Waals surface area contributed by atoms with E-state index in [1.165, 1.54) is 25.6 Å². The first-order valence-corrected chi connectivity index (χ1v) is 15.1. The summed E-state index contributed by atoms with van der Waals surface area (Å²) in [5.74, 6) is -3.81. The number of sulfonamides is 1. The SMILES string of the molecule is COC(=O)[C@H]1[C@@H]2CC(C(=O)OC)(C(=O)OC)CC[C@H]2C=C2[C@H]1CN(S(=O)(=O)c1ccc(C)cc1)[C@H]2c1ccccc1. The fraction of sp³-hybridized carbons (Fsp3) is 0.452. The molecule has 0 spiro atoms. The lowest BCUT2D eigenvalue weighted by Gasteiger charge is -2.46. The van der Waals surface area contributed by atoms with Gasteiger partial charge < -0.3 is 14.2 Å². The van der Waals surface area contributed by atoms with Crippen molar-refractivity contribution in [2.75, 3.05) is 27.9 Å². The highest BCUT2D eigenvalue weighted by Gasteiger charge is 2.60. The summed E-state index contributed by atoms with van der Waals surface area (Å²) in [5.41, 5.74) is 1.03. The molecule has 0 bridgehead atoms. The third kappa shape index (κ3) is 4.76. The van der Waals surface area contributed by atoms with Gasteiger partial charge in [0.1, 0.15) is 0 Å². The monoisotopic (exact) mass is 581 g/mol. The maximum Gasteiger partial charge on any atom is 0.323 e. The van der Waals surface area contributed by atoms with Crippen molar-refractivity contribution in [2.24, 2.45) is 29.1 Å². The lowest BCUT2D eigenvalue weighted by molar-refractivity contribution is -0.177. The summed E-state index contributed by atoms with van der Waals surface area (Å²) in [6, 6.07) is 15.5. The van der Waals surface area contributed by atoms with E-state index in [1.807, 2.05) is 37.3 Å². The highest BCUT2D eigenvalue weighted by molar-refractivity contribution is 7.89. The molecule has 1 heterocycles. The number of hydrogen-bond donors (Lipinski definition) is 0. The van der Waals surface area contributed by atoms with Crippen LogP contribution in [0, 0.1) is 36.0 Å². The van der Waals surface area contributed by atoms with Crippen molar-refractivity contribution in [3.8, 4) is 0 Å². The topological polar surface area (TPSA) is 116 Å². The Kier molecular flexibility index (Phi) is 7.82. The van der Waals surface area contributed by atoms with E-state index < -0.39 is 57.1 Å². The van der Waals surface area contributed by atoms with Gasteiger partial charge in [0.05, 0.1) is 38.2 Å². The first-order valence-electron chi connectivity index (χ1n) is 13.7. The van der Waals surface area contributed by atoms with Gasteiger partial charge >= 0.3 is 17.9 Å². The summed E-state index contributed by atoms with van der Waals surface area (Å²) in [5, 5.41) is 0. The molecule has 0 N–H and O–H groups in total. The minimum Gasteiger partial charge on any atom is -0.469 e. The predicted octanol–water partition coefficient (Wildman–Crippen LogP) is 3.83. The van der Waals surface area contributed by atoms with Gasteiger partial charge in [-0.25, -0.2) is 8.42 Å². The molecule has 2 aliphatic carbocycles. The van der Waals surface area contributed by atoms with Crippen LogP contribution >= 0.6 is 0 Å². The van der Waals surface area contributed by atoms with E-state index >= 15 is 0 Å². The number of hydrogen-bond acceptors (Lipinski definition) is 8. The molecule has 1 saturated carbocycles. The molecule has 2 fully saturated rings. The van der Waals surface area contributed by atoms with Crippen molar-refractivity contribution in [3.05, 3.63) is 77.4 Å². The molecular weight excluding hydrogens is 546 g/mol. The molecule has 0 unspecified atom stereocenters. The molecule has 1 saturated heterocycles. The Labute approximate surface area is 240 Å². The Bertz CT molecular complexity index is 1450. The lowest BCUT2D eigenvalue weighted by Crippen LogP contribution is -2.51. The van der Waals surface area contributed by atoms with Crippen molar-refractivity contribution in [1.29, 1.82) is 0 Å². The van der Waals surface area contributed by atoms with Gasteiger partial charge in [-0.3, -0.25) is 14.4 Å². The van der Waals surface area contributed by atoms with Gasteiger partial charge in [-0.05, 0) is 61.3 Å². The number of carbonyl (C=O) groups is 3. The number of carbonyl (C=O) groups excluding carboxylic acids is 3. The largest absolute Gasteiger partial charge is 0.469 e. The molecule has 41 heavy (non-hydrogen) atoms. The Balaban J connectivity index is 1.64. The summed E-state index contributed by atoms with van der Waals surface area (Å²) in [6.07, 6.45) is 2.73. The Hall–Kier alpha value is -3.50. The zero-order chi connectivity index (χ0) is 29.5. The number of esters is 3. The summed E-state index contributed by atoms with van der Waals surface area (Å²) in [6.45, 7) is 1.94. The number of ether oxygens (including phenoxy) is 3. The third-order valence-corrected chi connectivity index (χ3v) is 11.0. The molecule has 0 radical (unpaired) electrons. The van der Waals surface area contributed by atoms with Crippen molar-refractivity contribution in [2.45, 2.75) is 37.1 Å². The maximum absolute atomic E-state index is 14.2. The third-order valence-electron chi connectivity index (χ3n) is 9.12. The highest BCUT2D eigenvalue weighted by atomic mass is 32.2. The maximum atomic E-state index is 14.2. The van der Waals surface area contributed by atoms with Crippen LogP contribution in [-0.4, -0.2) is 58.5 Å². The van der Waals surface area contributed by atoms with Gasteiger partial charge in [0.25, 0.3) is 0 Å². The normalized spacial score (nSPS) is 27.1. The fourth-order valence-electron chi connectivity index (χ4n) is 7.13. The average molecular weight is 582 g/mol. The quantitative estimate of drug-likeness (QED) is 0.219. The number of benzene rings is 2. The van der Waals surface area contributed by atoms with Crippen LogP contribution in [-0.2, 0) is 38.6 Å². The summed E-state index contributed by atoms with van der Waals surface area (Å²) < 4.78 is 45.1. The van der Waals surface area contributed by atoms with E-state index in [4.69, 9.17) is 14.2 Å². The van der Waals surface area contributed by atoms with Crippen molar-refractivity contribution >= 4 is 27.9 Å². The predicted molar refractivity (Wildman–Crippen MR) is 149 cm³/mol. The zero-order valence-electron chi connectivity index (χ0n) is 23.6. The second-order valence-corrected chi connectivity index (χ2v) is 13.0.